The molecule has 0 aromatic rings. The third kappa shape index (κ3) is 10.9. The van der Waals surface area contributed by atoms with Gasteiger partial charge >= 0.3 is 0 Å². The fourth-order valence-electron chi connectivity index (χ4n) is 0.802. The molecule has 0 atom stereocenters. The molecular weight excluding hydrogens is 146 g/mol. The number of piperidine rings is 1. The highest BCUT2D eigenvalue weighted by Crippen LogP contribution is 1.96. The van der Waals surface area contributed by atoms with Crippen LogP contribution in [0.25, 0.3) is 0 Å². The fourth-order valence-corrected chi connectivity index (χ4v) is 0.802. The van der Waals surface area contributed by atoms with Crippen LogP contribution in [0.4, 0.5) is 0 Å². The topological polar surface area (TPSA) is 29.1 Å². The van der Waals surface area contributed by atoms with Crippen molar-refractivity contribution in [2.45, 2.75) is 26.2 Å². The van der Waals surface area contributed by atoms with Crippen LogP contribution in [0.1, 0.15) is 26.2 Å². The van der Waals surface area contributed by atoms with Crippen LogP contribution in [-0.2, 0) is 4.79 Å². The maximum Gasteiger partial charge on any atom is 0.182 e. The second-order valence-electron chi connectivity index (χ2n) is 2.33. The summed E-state index contributed by atoms with van der Waals surface area (Å²) in [5.41, 5.74) is 0. The van der Waals surface area contributed by atoms with E-state index in [1.807, 2.05) is 0 Å². The Bertz CT molecular complexity index is 76.1. The third-order valence-electron chi connectivity index (χ3n) is 1.21. The summed E-state index contributed by atoms with van der Waals surface area (Å²) in [6.45, 7) is 3.89. The summed E-state index contributed by atoms with van der Waals surface area (Å²) in [5, 5.41) is 3.15. The molecular formula is C7H15NOS. The zero-order chi connectivity index (χ0) is 7.82. The van der Waals surface area contributed by atoms with E-state index in [2.05, 4.69) is 17.9 Å². The van der Waals surface area contributed by atoms with Gasteiger partial charge in [0.2, 0.25) is 0 Å². The molecule has 3 heteroatoms. The number of hydrogen-bond acceptors (Lipinski definition) is 2. The van der Waals surface area contributed by atoms with Gasteiger partial charge in [0, 0.05) is 6.92 Å². The molecule has 60 valence electrons. The summed E-state index contributed by atoms with van der Waals surface area (Å²) in [4.78, 5) is 9.31. The van der Waals surface area contributed by atoms with E-state index in [9.17, 15) is 4.79 Å². The first-order valence-corrected chi connectivity index (χ1v) is 4.08. The lowest BCUT2D eigenvalue weighted by molar-refractivity contribution is -0.108. The van der Waals surface area contributed by atoms with Crippen molar-refractivity contribution in [3.05, 3.63) is 0 Å². The third-order valence-corrected chi connectivity index (χ3v) is 1.21. The molecule has 1 fully saturated rings. The summed E-state index contributed by atoms with van der Waals surface area (Å²) in [6.07, 6.45) is 4.22. The Kier molecular flexibility index (Phi) is 7.08. The van der Waals surface area contributed by atoms with E-state index in [0.29, 0.717) is 0 Å². The summed E-state index contributed by atoms with van der Waals surface area (Å²) in [6, 6.07) is 0. The van der Waals surface area contributed by atoms with E-state index in [1.165, 1.54) is 39.3 Å². The molecule has 0 aromatic heterocycles. The number of nitrogens with one attached hydrogen (secondary N) is 1. The van der Waals surface area contributed by atoms with E-state index < -0.39 is 0 Å². The van der Waals surface area contributed by atoms with Crippen LogP contribution in [0.5, 0.6) is 0 Å². The second-order valence-corrected chi connectivity index (χ2v) is 2.96. The molecule has 2 nitrogen and oxygen atoms in total. The molecule has 0 bridgehead atoms. The predicted molar refractivity (Wildman–Crippen MR) is 46.4 cm³/mol. The predicted octanol–water partition coefficient (Wildman–Crippen LogP) is 1.22. The van der Waals surface area contributed by atoms with Crippen LogP contribution < -0.4 is 5.32 Å². The van der Waals surface area contributed by atoms with Gasteiger partial charge in [0.05, 0.1) is 0 Å². The Morgan fingerprint density at radius 1 is 1.30 bits per heavy atom. The number of thiol groups is 1. The Balaban J connectivity index is 0.000000180. The lowest BCUT2D eigenvalue weighted by Crippen LogP contribution is -2.21. The van der Waals surface area contributed by atoms with Crippen LogP contribution in [0.2, 0.25) is 0 Å². The zero-order valence-corrected chi connectivity index (χ0v) is 7.29. The SMILES string of the molecule is C1CCNCC1.CC(=O)S. The van der Waals surface area contributed by atoms with Crippen molar-refractivity contribution in [2.24, 2.45) is 0 Å². The minimum Gasteiger partial charge on any atom is -0.317 e. The highest BCUT2D eigenvalue weighted by atomic mass is 32.1. The van der Waals surface area contributed by atoms with Crippen LogP contribution in [0.3, 0.4) is 0 Å². The molecule has 1 aliphatic heterocycles. The first kappa shape index (κ1) is 9.98. The average Bonchev–Trinajstić information content (AvgIpc) is 1.90. The Morgan fingerprint density at radius 3 is 1.80 bits per heavy atom. The van der Waals surface area contributed by atoms with Crippen molar-refractivity contribution in [3.63, 3.8) is 0 Å². The van der Waals surface area contributed by atoms with Gasteiger partial charge in [-0.3, -0.25) is 4.79 Å². The van der Waals surface area contributed by atoms with Crippen LogP contribution in [0, 0.1) is 0 Å². The van der Waals surface area contributed by atoms with Crippen molar-refractivity contribution < 1.29 is 4.79 Å². The lowest BCUT2D eigenvalue weighted by atomic mass is 10.2. The quantitative estimate of drug-likeness (QED) is 0.523. The van der Waals surface area contributed by atoms with Crippen molar-refractivity contribution >= 4 is 17.7 Å². The Hall–Kier alpha value is -0.0200. The van der Waals surface area contributed by atoms with Crippen molar-refractivity contribution in [2.75, 3.05) is 13.1 Å². The largest absolute Gasteiger partial charge is 0.317 e. The molecule has 1 N–H and O–H groups in total. The molecule has 10 heavy (non-hydrogen) atoms. The highest BCUT2D eigenvalue weighted by molar-refractivity contribution is 7.96. The molecule has 0 spiro atoms. The fraction of sp³-hybridized carbons (Fsp3) is 0.857. The van der Waals surface area contributed by atoms with Gasteiger partial charge in [-0.05, 0) is 25.9 Å². The summed E-state index contributed by atoms with van der Waals surface area (Å²) >= 11 is 3.33. The molecule has 1 rings (SSSR count). The van der Waals surface area contributed by atoms with Crippen LogP contribution in [0.15, 0.2) is 0 Å². The smallest absolute Gasteiger partial charge is 0.182 e. The van der Waals surface area contributed by atoms with E-state index in [4.69, 9.17) is 0 Å². The second kappa shape index (κ2) is 7.09. The monoisotopic (exact) mass is 161 g/mol. The summed E-state index contributed by atoms with van der Waals surface area (Å²) in [7, 11) is 0. The number of hydrogen-bond donors (Lipinski definition) is 2. The molecule has 1 saturated heterocycles. The molecule has 0 unspecified atom stereocenters. The minimum atomic E-state index is -0.139. The maximum atomic E-state index is 9.31. The van der Waals surface area contributed by atoms with Gasteiger partial charge in [-0.15, -0.1) is 12.6 Å². The van der Waals surface area contributed by atoms with Gasteiger partial charge in [-0.1, -0.05) is 6.42 Å². The van der Waals surface area contributed by atoms with Crippen molar-refractivity contribution in [1.29, 1.82) is 0 Å². The van der Waals surface area contributed by atoms with Gasteiger partial charge in [-0.2, -0.15) is 0 Å². The number of rotatable bonds is 0. The van der Waals surface area contributed by atoms with E-state index >= 15 is 0 Å². The van der Waals surface area contributed by atoms with Crippen LogP contribution in [-0.4, -0.2) is 18.2 Å². The zero-order valence-electron chi connectivity index (χ0n) is 6.39. The van der Waals surface area contributed by atoms with Crippen molar-refractivity contribution in [3.8, 4) is 0 Å². The average molecular weight is 161 g/mol. The molecule has 0 radical (unpaired) electrons. The Morgan fingerprint density at radius 2 is 1.70 bits per heavy atom. The van der Waals surface area contributed by atoms with Gasteiger partial charge < -0.3 is 5.32 Å². The number of carbonyl (C=O) groups excluding carboxylic acids is 1. The highest BCUT2D eigenvalue weighted by Gasteiger charge is 1.93. The molecule has 0 amide bonds. The van der Waals surface area contributed by atoms with Gasteiger partial charge in [0.1, 0.15) is 0 Å². The van der Waals surface area contributed by atoms with Gasteiger partial charge in [0.15, 0.2) is 5.12 Å². The van der Waals surface area contributed by atoms with E-state index in [-0.39, 0.29) is 5.12 Å². The number of carbonyl (C=O) groups is 1. The minimum absolute atomic E-state index is 0.139. The van der Waals surface area contributed by atoms with Crippen LogP contribution >= 0.6 is 12.6 Å². The molecule has 0 saturated carbocycles. The standard InChI is InChI=1S/C5H11N.C2H4OS/c1-2-4-6-5-3-1;1-2(3)4/h6H,1-5H2;1H3,(H,3,4). The molecule has 1 heterocycles. The lowest BCUT2D eigenvalue weighted by Gasteiger charge is -2.08. The normalized spacial score (nSPS) is 17.0. The van der Waals surface area contributed by atoms with Gasteiger partial charge in [0.25, 0.3) is 0 Å². The first-order chi connectivity index (χ1) is 4.73. The van der Waals surface area contributed by atoms with Crippen molar-refractivity contribution in [1.82, 2.24) is 5.32 Å². The Labute approximate surface area is 67.8 Å². The molecule has 0 aromatic carbocycles. The van der Waals surface area contributed by atoms with Gasteiger partial charge in [-0.25, -0.2) is 0 Å². The summed E-state index contributed by atoms with van der Waals surface area (Å²) < 4.78 is 0. The maximum absolute atomic E-state index is 9.31. The summed E-state index contributed by atoms with van der Waals surface area (Å²) in [5.74, 6) is 0. The molecule has 0 aliphatic carbocycles. The van der Waals surface area contributed by atoms with E-state index in [1.54, 1.807) is 0 Å². The first-order valence-electron chi connectivity index (χ1n) is 3.63. The van der Waals surface area contributed by atoms with E-state index in [0.717, 1.165) is 0 Å². The molecule has 1 aliphatic rings.